The first-order valence-corrected chi connectivity index (χ1v) is 34.1. The number of aliphatic carboxylic acids is 4. The van der Waals surface area contributed by atoms with Crippen molar-refractivity contribution in [3.63, 3.8) is 0 Å². The molecule has 504 valence electrons. The van der Waals surface area contributed by atoms with Gasteiger partial charge in [-0.1, -0.05) is 215 Å². The number of carboxylic acid groups (broad SMARTS) is 4. The molecule has 12 nitrogen and oxygen atoms in total. The van der Waals surface area contributed by atoms with Gasteiger partial charge in [-0.2, -0.15) is 23.5 Å². The van der Waals surface area contributed by atoms with E-state index >= 15 is 0 Å². The topological polar surface area (TPSA) is 230 Å². The Labute approximate surface area is 550 Å². The molecule has 0 saturated heterocycles. The van der Waals surface area contributed by atoms with Crippen molar-refractivity contribution in [1.29, 1.82) is 0 Å². The molecule has 0 fully saturated rings. The largest absolute Gasteiger partial charge is 0.507 e. The van der Waals surface area contributed by atoms with E-state index in [1.807, 2.05) is 215 Å². The molecule has 0 bridgehead atoms. The molecule has 0 aliphatic rings. The van der Waals surface area contributed by atoms with Crippen LogP contribution in [-0.2, 0) is 84.2 Å². The minimum atomic E-state index is -1.20. The standard InChI is InChI=1S/2C38H58O6S/c2*1-33(2,3)25-19-23(20-26(29(25)39)34(4,5)6)37(13,31(41)42)15-17-45-18-16-38(14,32(43)44)24-21-27(35(7,8)9)30(40)28(22-24)36(10,11)12/h2*19-22,39-40H,15-18H2,1-14H3,(H,41,42)(H,43,44). The van der Waals surface area contributed by atoms with Crippen LogP contribution in [0.25, 0.3) is 0 Å². The monoisotopic (exact) mass is 1280 g/mol. The zero-order valence-corrected chi connectivity index (χ0v) is 61.9. The summed E-state index contributed by atoms with van der Waals surface area (Å²) in [4.78, 5) is 51.2. The fourth-order valence-electron chi connectivity index (χ4n) is 11.2. The summed E-state index contributed by atoms with van der Waals surface area (Å²) in [7, 11) is 0. The number of hydrogen-bond acceptors (Lipinski definition) is 10. The van der Waals surface area contributed by atoms with Gasteiger partial charge in [-0.3, -0.25) is 19.2 Å². The van der Waals surface area contributed by atoms with E-state index in [2.05, 4.69) is 0 Å². The van der Waals surface area contributed by atoms with Crippen molar-refractivity contribution in [3.05, 3.63) is 115 Å². The third-order valence-electron chi connectivity index (χ3n) is 18.3. The van der Waals surface area contributed by atoms with Gasteiger partial charge in [0.25, 0.3) is 0 Å². The highest BCUT2D eigenvalue weighted by Gasteiger charge is 2.43. The van der Waals surface area contributed by atoms with Crippen molar-refractivity contribution in [2.24, 2.45) is 0 Å². The van der Waals surface area contributed by atoms with E-state index < -0.39 is 45.5 Å². The Hall–Kier alpha value is -5.34. The van der Waals surface area contributed by atoms with Crippen LogP contribution in [-0.4, -0.2) is 87.7 Å². The first kappa shape index (κ1) is 78.9. The lowest BCUT2D eigenvalue weighted by Gasteiger charge is -2.33. The Kier molecular flexibility index (Phi) is 23.9. The van der Waals surface area contributed by atoms with Gasteiger partial charge in [-0.25, -0.2) is 0 Å². The lowest BCUT2D eigenvalue weighted by atomic mass is 9.72. The van der Waals surface area contributed by atoms with E-state index in [4.69, 9.17) is 0 Å². The van der Waals surface area contributed by atoms with E-state index in [0.29, 0.717) is 70.9 Å². The molecular formula is C76H116O12S2. The quantitative estimate of drug-likeness (QED) is 0.0385. The summed E-state index contributed by atoms with van der Waals surface area (Å²) >= 11 is 3.10. The van der Waals surface area contributed by atoms with Gasteiger partial charge in [0.2, 0.25) is 0 Å². The first-order chi connectivity index (χ1) is 40.2. The summed E-state index contributed by atoms with van der Waals surface area (Å²) in [6, 6.07) is 14.7. The number of rotatable bonds is 20. The lowest BCUT2D eigenvalue weighted by Crippen LogP contribution is -2.35. The third-order valence-corrected chi connectivity index (χ3v) is 20.3. The van der Waals surface area contributed by atoms with Crippen molar-refractivity contribution in [2.75, 3.05) is 23.0 Å². The zero-order valence-electron chi connectivity index (χ0n) is 60.3. The second-order valence-corrected chi connectivity index (χ2v) is 36.9. The Morgan fingerprint density at radius 1 is 0.256 bits per heavy atom. The maximum Gasteiger partial charge on any atom is 0.313 e. The second-order valence-electron chi connectivity index (χ2n) is 34.5. The summed E-state index contributed by atoms with van der Waals surface area (Å²) in [6.45, 7) is 55.2. The fraction of sp³-hybridized carbons (Fsp3) is 0.632. The highest BCUT2D eigenvalue weighted by Crippen LogP contribution is 2.49. The number of carbonyl (C=O) groups is 4. The van der Waals surface area contributed by atoms with Crippen molar-refractivity contribution < 1.29 is 60.0 Å². The van der Waals surface area contributed by atoms with E-state index in [1.165, 1.54) is 0 Å². The molecule has 0 saturated carbocycles. The molecule has 0 heterocycles. The highest BCUT2D eigenvalue weighted by atomic mass is 32.2. The van der Waals surface area contributed by atoms with Gasteiger partial charge in [-0.05, 0) is 186 Å². The predicted octanol–water partition coefficient (Wildman–Crippen LogP) is 18.4. The van der Waals surface area contributed by atoms with Crippen LogP contribution in [0.15, 0.2) is 48.5 Å². The number of carboxylic acids is 4. The molecule has 4 aromatic carbocycles. The van der Waals surface area contributed by atoms with Crippen LogP contribution in [0.1, 0.15) is 286 Å². The summed E-state index contributed by atoms with van der Waals surface area (Å²) in [6.07, 6.45) is 1.37. The van der Waals surface area contributed by atoms with Gasteiger partial charge in [0.05, 0.1) is 21.7 Å². The molecule has 4 rings (SSSR count). The maximum absolute atomic E-state index is 12.8. The van der Waals surface area contributed by atoms with Gasteiger partial charge < -0.3 is 40.9 Å². The minimum absolute atomic E-state index is 0.215. The lowest BCUT2D eigenvalue weighted by molar-refractivity contribution is -0.144. The van der Waals surface area contributed by atoms with E-state index in [1.54, 1.807) is 51.2 Å². The molecule has 14 heteroatoms. The Morgan fingerprint density at radius 2 is 0.367 bits per heavy atom. The Balaban J connectivity index is 0.000000470. The van der Waals surface area contributed by atoms with Crippen LogP contribution in [0.2, 0.25) is 0 Å². The Morgan fingerprint density at radius 3 is 0.456 bits per heavy atom. The molecule has 4 unspecified atom stereocenters. The third kappa shape index (κ3) is 18.1. The molecule has 4 atom stereocenters. The van der Waals surface area contributed by atoms with E-state index in [-0.39, 0.29) is 66.3 Å². The van der Waals surface area contributed by atoms with Crippen LogP contribution in [0.5, 0.6) is 23.0 Å². The van der Waals surface area contributed by atoms with Crippen LogP contribution < -0.4 is 0 Å². The van der Waals surface area contributed by atoms with E-state index in [0.717, 1.165) is 44.5 Å². The molecule has 0 amide bonds. The molecule has 0 aliphatic carbocycles. The summed E-state index contributed by atoms with van der Waals surface area (Å²) < 4.78 is 0. The summed E-state index contributed by atoms with van der Waals surface area (Å²) in [5.74, 6) is -0.796. The number of benzene rings is 4. The van der Waals surface area contributed by atoms with Gasteiger partial charge in [0.1, 0.15) is 23.0 Å². The highest BCUT2D eigenvalue weighted by molar-refractivity contribution is 7.99. The van der Waals surface area contributed by atoms with Gasteiger partial charge in [0, 0.05) is 0 Å². The molecule has 4 aromatic rings. The molecule has 90 heavy (non-hydrogen) atoms. The predicted molar refractivity (Wildman–Crippen MR) is 375 cm³/mol. The molecule has 0 aliphatic heterocycles. The Bertz CT molecular complexity index is 2690. The van der Waals surface area contributed by atoms with Crippen LogP contribution in [0, 0.1) is 0 Å². The van der Waals surface area contributed by atoms with E-state index in [9.17, 15) is 60.0 Å². The molecular weight excluding hydrogens is 1170 g/mol. The van der Waals surface area contributed by atoms with Crippen molar-refractivity contribution in [1.82, 2.24) is 0 Å². The maximum atomic E-state index is 12.8. The normalized spacial score (nSPS) is 15.8. The minimum Gasteiger partial charge on any atom is -0.507 e. The number of phenolic OH excluding ortho intramolecular Hbond substituents is 4. The van der Waals surface area contributed by atoms with Gasteiger partial charge >= 0.3 is 23.9 Å². The number of hydrogen-bond donors (Lipinski definition) is 8. The number of phenols is 4. The smallest absolute Gasteiger partial charge is 0.313 e. The second kappa shape index (κ2) is 27.3. The first-order valence-electron chi connectivity index (χ1n) is 31.8. The van der Waals surface area contributed by atoms with Crippen LogP contribution in [0.3, 0.4) is 0 Å². The average molecular weight is 1290 g/mol. The van der Waals surface area contributed by atoms with Gasteiger partial charge in [-0.15, -0.1) is 0 Å². The average Bonchev–Trinajstić information content (AvgIpc) is 0.808. The number of aromatic hydroxyl groups is 4. The fourth-order valence-corrected chi connectivity index (χ4v) is 13.8. The molecule has 0 aromatic heterocycles. The molecule has 8 N–H and O–H groups in total. The van der Waals surface area contributed by atoms with Crippen molar-refractivity contribution >= 4 is 47.4 Å². The SMILES string of the molecule is CC(C)(C)c1cc(C(C)(CCSCCC(C)(C(=O)O)c2cc(C(C)(C)C)c(O)c(C(C)(C)C)c2)C(=O)O)cc(C(C)(C)C)c1O.CC(C)(C)c1cc(C(C)(CCSCCC(C)(C(=O)O)c2cc(C(C)(C)C)c(O)c(C(C)(C)C)c2)C(=O)O)cc(C(C)(C)C)c1O. The van der Waals surface area contributed by atoms with Crippen LogP contribution in [0.4, 0.5) is 0 Å². The van der Waals surface area contributed by atoms with Crippen molar-refractivity contribution in [3.8, 4) is 23.0 Å². The molecule has 0 radical (unpaired) electrons. The molecule has 0 spiro atoms. The number of thioether (sulfide) groups is 2. The van der Waals surface area contributed by atoms with Crippen molar-refractivity contribution in [2.45, 2.75) is 285 Å². The summed E-state index contributed by atoms with van der Waals surface area (Å²) in [5.41, 5.74) is 0.545. The van der Waals surface area contributed by atoms with Crippen LogP contribution >= 0.6 is 23.5 Å². The zero-order chi connectivity index (χ0) is 70.3. The van der Waals surface area contributed by atoms with Gasteiger partial charge in [0.15, 0.2) is 0 Å². The summed E-state index contributed by atoms with van der Waals surface area (Å²) in [5, 5.41) is 86.6.